The smallest absolute Gasteiger partial charge is 0.331 e. The molecule has 0 spiro atoms. The molecule has 1 N–H and O–H groups in total. The molecule has 1 aromatic rings. The monoisotopic (exact) mass is 466 g/mol. The lowest BCUT2D eigenvalue weighted by Crippen LogP contribution is -2.56. The fraction of sp³-hybridized carbons (Fsp3) is 0.652. The number of amides is 1. The van der Waals surface area contributed by atoms with E-state index in [0.29, 0.717) is 19.4 Å². The summed E-state index contributed by atoms with van der Waals surface area (Å²) >= 11 is 0. The van der Waals surface area contributed by atoms with Gasteiger partial charge in [0.15, 0.2) is 0 Å². The van der Waals surface area contributed by atoms with Crippen LogP contribution < -0.4 is 10.1 Å². The van der Waals surface area contributed by atoms with E-state index in [1.54, 1.807) is 6.92 Å². The second-order valence-electron chi connectivity index (χ2n) is 8.64. The van der Waals surface area contributed by atoms with E-state index in [1.807, 2.05) is 6.92 Å². The largest absolute Gasteiger partial charge is 0.495 e. The highest BCUT2D eigenvalue weighted by Crippen LogP contribution is 2.33. The van der Waals surface area contributed by atoms with Crippen LogP contribution in [0.4, 0.5) is 0 Å². The van der Waals surface area contributed by atoms with E-state index in [9.17, 15) is 18.0 Å². The number of nitrogens with zero attached hydrogens (tertiary/aromatic N) is 1. The van der Waals surface area contributed by atoms with Gasteiger partial charge in [0, 0.05) is 18.2 Å². The summed E-state index contributed by atoms with van der Waals surface area (Å²) < 4.78 is 38.9. The minimum atomic E-state index is -3.85. The van der Waals surface area contributed by atoms with Crippen LogP contribution >= 0.6 is 0 Å². The zero-order valence-corrected chi connectivity index (χ0v) is 20.0. The van der Waals surface area contributed by atoms with E-state index in [2.05, 4.69) is 5.32 Å². The molecular weight excluding hydrogens is 432 g/mol. The Morgan fingerprint density at radius 2 is 1.88 bits per heavy atom. The average molecular weight is 467 g/mol. The van der Waals surface area contributed by atoms with Crippen molar-refractivity contribution in [2.75, 3.05) is 20.3 Å². The molecule has 1 saturated heterocycles. The van der Waals surface area contributed by atoms with Crippen molar-refractivity contribution in [1.82, 2.24) is 9.62 Å². The Morgan fingerprint density at radius 3 is 2.50 bits per heavy atom. The van der Waals surface area contributed by atoms with Crippen molar-refractivity contribution in [3.63, 3.8) is 0 Å². The van der Waals surface area contributed by atoms with Gasteiger partial charge in [-0.1, -0.05) is 25.7 Å². The van der Waals surface area contributed by atoms with Gasteiger partial charge in [-0.05, 0) is 57.7 Å². The molecule has 0 radical (unpaired) electrons. The van der Waals surface area contributed by atoms with Gasteiger partial charge >= 0.3 is 5.97 Å². The van der Waals surface area contributed by atoms with E-state index in [1.165, 1.54) is 29.6 Å². The van der Waals surface area contributed by atoms with Gasteiger partial charge in [0.2, 0.25) is 10.0 Å². The number of sulfonamides is 1. The number of methoxy groups -OCH3 is 1. The molecule has 1 saturated carbocycles. The number of nitrogens with one attached hydrogen (secondary N) is 1. The molecule has 178 valence electrons. The van der Waals surface area contributed by atoms with Crippen molar-refractivity contribution >= 4 is 21.9 Å². The Kier molecular flexibility index (Phi) is 7.82. The summed E-state index contributed by atoms with van der Waals surface area (Å²) in [6, 6.07) is 4.25. The summed E-state index contributed by atoms with van der Waals surface area (Å²) in [4.78, 5) is 25.8. The number of carbonyl (C=O) groups excluding carboxylic acids is 2. The van der Waals surface area contributed by atoms with Crippen LogP contribution in [0.15, 0.2) is 23.1 Å². The molecule has 9 heteroatoms. The summed E-state index contributed by atoms with van der Waals surface area (Å²) in [5, 5.41) is 2.87. The predicted molar refractivity (Wildman–Crippen MR) is 120 cm³/mol. The maximum Gasteiger partial charge on any atom is 0.331 e. The summed E-state index contributed by atoms with van der Waals surface area (Å²) in [7, 11) is -2.44. The first-order valence-corrected chi connectivity index (χ1v) is 12.9. The van der Waals surface area contributed by atoms with Crippen LogP contribution in [0.2, 0.25) is 0 Å². The summed E-state index contributed by atoms with van der Waals surface area (Å²) in [6.45, 7) is 4.30. The van der Waals surface area contributed by atoms with Gasteiger partial charge in [-0.3, -0.25) is 4.79 Å². The molecule has 1 amide bonds. The molecule has 8 nitrogen and oxygen atoms in total. The zero-order chi connectivity index (χ0) is 23.4. The molecular formula is C23H34N2O6S. The van der Waals surface area contributed by atoms with Gasteiger partial charge in [-0.2, -0.15) is 4.31 Å². The summed E-state index contributed by atoms with van der Waals surface area (Å²) in [5.41, 5.74) is -0.908. The van der Waals surface area contributed by atoms with Crippen LogP contribution in [-0.2, 0) is 19.6 Å². The van der Waals surface area contributed by atoms with E-state index in [4.69, 9.17) is 9.47 Å². The lowest BCUT2D eigenvalue weighted by Gasteiger charge is -2.35. The molecule has 1 aromatic carbocycles. The second-order valence-corrected chi connectivity index (χ2v) is 10.5. The lowest BCUT2D eigenvalue weighted by molar-refractivity contribution is -0.152. The molecule has 0 aromatic heterocycles. The molecule has 1 aliphatic heterocycles. The van der Waals surface area contributed by atoms with Crippen LogP contribution in [0.3, 0.4) is 0 Å². The maximum atomic E-state index is 13.4. The molecule has 32 heavy (non-hydrogen) atoms. The van der Waals surface area contributed by atoms with E-state index in [-0.39, 0.29) is 28.9 Å². The summed E-state index contributed by atoms with van der Waals surface area (Å²) in [6.07, 6.45) is 6.22. The van der Waals surface area contributed by atoms with Crippen molar-refractivity contribution in [2.45, 2.75) is 81.7 Å². The highest BCUT2D eigenvalue weighted by molar-refractivity contribution is 7.89. The number of hydrogen-bond acceptors (Lipinski definition) is 6. The van der Waals surface area contributed by atoms with Crippen molar-refractivity contribution < 1.29 is 27.5 Å². The van der Waals surface area contributed by atoms with Crippen LogP contribution in [0, 0.1) is 0 Å². The van der Waals surface area contributed by atoms with E-state index >= 15 is 0 Å². The van der Waals surface area contributed by atoms with Gasteiger partial charge < -0.3 is 14.8 Å². The van der Waals surface area contributed by atoms with Crippen molar-refractivity contribution in [1.29, 1.82) is 0 Å². The Bertz CT molecular complexity index is 940. The number of hydrogen-bond donors (Lipinski definition) is 1. The SMILES string of the molecule is CCOC(=O)C1(NC(=O)c2ccc(OC)c(S(=O)(=O)N3CCCCC3C)c2)CCCCC1. The van der Waals surface area contributed by atoms with Crippen molar-refractivity contribution in [3.8, 4) is 5.75 Å². The van der Waals surface area contributed by atoms with E-state index in [0.717, 1.165) is 38.5 Å². The van der Waals surface area contributed by atoms with Gasteiger partial charge in [-0.25, -0.2) is 13.2 Å². The van der Waals surface area contributed by atoms with Crippen LogP contribution in [0.5, 0.6) is 5.75 Å². The maximum absolute atomic E-state index is 13.4. The topological polar surface area (TPSA) is 102 Å². The third-order valence-corrected chi connectivity index (χ3v) is 8.52. The Hall–Kier alpha value is -2.13. The molecule has 1 unspecified atom stereocenters. The number of benzene rings is 1. The molecule has 1 heterocycles. The number of piperidine rings is 1. The van der Waals surface area contributed by atoms with Gasteiger partial charge in [-0.15, -0.1) is 0 Å². The van der Waals surface area contributed by atoms with Gasteiger partial charge in [0.1, 0.15) is 16.2 Å². The van der Waals surface area contributed by atoms with Gasteiger partial charge in [0.25, 0.3) is 5.91 Å². The van der Waals surface area contributed by atoms with E-state index < -0.39 is 27.4 Å². The number of ether oxygens (including phenoxy) is 2. The molecule has 1 atom stereocenters. The Balaban J connectivity index is 1.93. The molecule has 2 fully saturated rings. The first kappa shape index (κ1) is 24.5. The van der Waals surface area contributed by atoms with Gasteiger partial charge in [0.05, 0.1) is 13.7 Å². The first-order valence-electron chi connectivity index (χ1n) is 11.4. The van der Waals surface area contributed by atoms with Crippen molar-refractivity contribution in [3.05, 3.63) is 23.8 Å². The molecule has 1 aliphatic carbocycles. The molecule has 0 bridgehead atoms. The third kappa shape index (κ3) is 4.93. The van der Waals surface area contributed by atoms with Crippen LogP contribution in [0.1, 0.15) is 75.6 Å². The quantitative estimate of drug-likeness (QED) is 0.619. The number of esters is 1. The second kappa shape index (κ2) is 10.2. The van der Waals surface area contributed by atoms with Crippen LogP contribution in [-0.4, -0.2) is 56.4 Å². The normalized spacial score (nSPS) is 21.5. The molecule has 2 aliphatic rings. The first-order chi connectivity index (χ1) is 15.2. The number of rotatable bonds is 7. The van der Waals surface area contributed by atoms with Crippen LogP contribution in [0.25, 0.3) is 0 Å². The average Bonchev–Trinajstić information content (AvgIpc) is 2.79. The minimum Gasteiger partial charge on any atom is -0.495 e. The lowest BCUT2D eigenvalue weighted by atomic mass is 9.81. The Morgan fingerprint density at radius 1 is 1.16 bits per heavy atom. The third-order valence-electron chi connectivity index (χ3n) is 6.48. The Labute approximate surface area is 190 Å². The predicted octanol–water partition coefficient (Wildman–Crippen LogP) is 3.25. The zero-order valence-electron chi connectivity index (χ0n) is 19.2. The van der Waals surface area contributed by atoms with Crippen molar-refractivity contribution in [2.24, 2.45) is 0 Å². The summed E-state index contributed by atoms with van der Waals surface area (Å²) in [5.74, 6) is -0.737. The highest BCUT2D eigenvalue weighted by atomic mass is 32.2. The minimum absolute atomic E-state index is 0.0322. The fourth-order valence-electron chi connectivity index (χ4n) is 4.67. The standard InChI is InChI=1S/C23H34N2O6S/c1-4-31-22(27)23(13-7-5-8-14-23)24-21(26)18-11-12-19(30-3)20(16-18)32(28,29)25-15-9-6-10-17(25)2/h11-12,16-17H,4-10,13-15H2,1-3H3,(H,24,26). The highest BCUT2D eigenvalue weighted by Gasteiger charge is 2.42. The molecule has 3 rings (SSSR count). The number of carbonyl (C=O) groups is 2. The fourth-order valence-corrected chi connectivity index (χ4v) is 6.55.